The van der Waals surface area contributed by atoms with Gasteiger partial charge in [0.1, 0.15) is 0 Å². The van der Waals surface area contributed by atoms with Crippen LogP contribution in [0.5, 0.6) is 0 Å². The number of carbonyl (C=O) groups excluding carboxylic acids is 1. The molecule has 0 spiro atoms. The molecule has 2 atom stereocenters. The molecule has 0 aliphatic carbocycles. The molecule has 1 heterocycles. The van der Waals surface area contributed by atoms with Crippen LogP contribution in [0.15, 0.2) is 0 Å². The first-order valence-corrected chi connectivity index (χ1v) is 3.62. The van der Waals surface area contributed by atoms with E-state index in [0.29, 0.717) is 6.61 Å². The lowest BCUT2D eigenvalue weighted by Crippen LogP contribution is -2.24. The summed E-state index contributed by atoms with van der Waals surface area (Å²) in [5.74, 6) is -0.360. The molecule has 1 saturated heterocycles. The molecule has 0 amide bonds. The van der Waals surface area contributed by atoms with Crippen LogP contribution in [0.4, 0.5) is 0 Å². The van der Waals surface area contributed by atoms with E-state index in [2.05, 4.69) is 4.74 Å². The summed E-state index contributed by atoms with van der Waals surface area (Å²) in [7, 11) is 1.34. The first-order valence-electron chi connectivity index (χ1n) is 3.62. The predicted molar refractivity (Wildman–Crippen MR) is 36.9 cm³/mol. The molecular weight excluding hydrogens is 148 g/mol. The molecule has 1 aliphatic rings. The van der Waals surface area contributed by atoms with Crippen LogP contribution in [0.1, 0.15) is 13.3 Å². The van der Waals surface area contributed by atoms with Crippen LogP contribution in [0.2, 0.25) is 0 Å². The molecule has 0 aromatic heterocycles. The van der Waals surface area contributed by atoms with Crippen molar-refractivity contribution in [3.63, 3.8) is 0 Å². The van der Waals surface area contributed by atoms with E-state index in [0.717, 1.165) is 6.42 Å². The zero-order chi connectivity index (χ0) is 8.27. The Bertz CT molecular complexity index is 145. The van der Waals surface area contributed by atoms with Crippen LogP contribution in [0, 0.1) is 0 Å². The maximum atomic E-state index is 10.8. The Balaban J connectivity index is 2.35. The minimum Gasteiger partial charge on any atom is -0.467 e. The van der Waals surface area contributed by atoms with Crippen molar-refractivity contribution in [3.8, 4) is 0 Å². The Kier molecular flexibility index (Phi) is 2.84. The van der Waals surface area contributed by atoms with Crippen LogP contribution in [0.25, 0.3) is 0 Å². The molecule has 1 unspecified atom stereocenters. The molecule has 4 nitrogen and oxygen atoms in total. The third-order valence-electron chi connectivity index (χ3n) is 1.55. The van der Waals surface area contributed by atoms with Crippen molar-refractivity contribution in [1.29, 1.82) is 0 Å². The van der Waals surface area contributed by atoms with E-state index in [4.69, 9.17) is 9.47 Å². The molecule has 0 saturated carbocycles. The second-order valence-corrected chi connectivity index (χ2v) is 2.32. The monoisotopic (exact) mass is 160 g/mol. The first kappa shape index (κ1) is 8.49. The van der Waals surface area contributed by atoms with Gasteiger partial charge in [-0.25, -0.2) is 4.79 Å². The second-order valence-electron chi connectivity index (χ2n) is 2.32. The number of methoxy groups -OCH3 is 1. The maximum Gasteiger partial charge on any atom is 0.337 e. The van der Waals surface area contributed by atoms with Gasteiger partial charge in [0.25, 0.3) is 0 Å². The zero-order valence-electron chi connectivity index (χ0n) is 6.70. The summed E-state index contributed by atoms with van der Waals surface area (Å²) in [4.78, 5) is 10.8. The summed E-state index contributed by atoms with van der Waals surface area (Å²) < 4.78 is 14.8. The molecule has 11 heavy (non-hydrogen) atoms. The molecule has 0 N–H and O–H groups in total. The average Bonchev–Trinajstić information content (AvgIpc) is 2.50. The largest absolute Gasteiger partial charge is 0.467 e. The Morgan fingerprint density at radius 1 is 1.73 bits per heavy atom. The Hall–Kier alpha value is -0.610. The van der Waals surface area contributed by atoms with Gasteiger partial charge in [-0.05, 0) is 6.42 Å². The van der Waals surface area contributed by atoms with Crippen LogP contribution in [-0.4, -0.2) is 32.1 Å². The van der Waals surface area contributed by atoms with Gasteiger partial charge in [-0.3, -0.25) is 0 Å². The van der Waals surface area contributed by atoms with E-state index in [-0.39, 0.29) is 12.3 Å². The standard InChI is InChI=1S/C7H12O4/c1-3-6-10-4-5(11-6)7(8)9-2/h5-6H,3-4H2,1-2H3/t5-,6?/m1/s1. The summed E-state index contributed by atoms with van der Waals surface area (Å²) in [5, 5.41) is 0. The molecule has 1 aliphatic heterocycles. The molecule has 0 aromatic carbocycles. The third-order valence-corrected chi connectivity index (χ3v) is 1.55. The van der Waals surface area contributed by atoms with Crippen molar-refractivity contribution in [3.05, 3.63) is 0 Å². The third kappa shape index (κ3) is 1.91. The number of hydrogen-bond acceptors (Lipinski definition) is 4. The minimum atomic E-state index is -0.523. The molecule has 0 aromatic rings. The highest BCUT2D eigenvalue weighted by molar-refractivity contribution is 5.74. The normalized spacial score (nSPS) is 30.4. The number of carbonyl (C=O) groups is 1. The highest BCUT2D eigenvalue weighted by Gasteiger charge is 2.30. The fourth-order valence-electron chi connectivity index (χ4n) is 0.926. The number of rotatable bonds is 2. The average molecular weight is 160 g/mol. The van der Waals surface area contributed by atoms with Gasteiger partial charge in [0.05, 0.1) is 13.7 Å². The summed E-state index contributed by atoms with van der Waals surface area (Å²) in [6.45, 7) is 2.25. The molecule has 1 fully saturated rings. The van der Waals surface area contributed by atoms with Crippen LogP contribution < -0.4 is 0 Å². The molecule has 64 valence electrons. The molecule has 0 bridgehead atoms. The summed E-state index contributed by atoms with van der Waals surface area (Å²) in [5.41, 5.74) is 0. The van der Waals surface area contributed by atoms with E-state index in [1.807, 2.05) is 6.92 Å². The van der Waals surface area contributed by atoms with Crippen molar-refractivity contribution in [2.24, 2.45) is 0 Å². The van der Waals surface area contributed by atoms with Crippen molar-refractivity contribution in [2.45, 2.75) is 25.7 Å². The predicted octanol–water partition coefficient (Wildman–Crippen LogP) is 0.311. The van der Waals surface area contributed by atoms with E-state index in [9.17, 15) is 4.79 Å². The van der Waals surface area contributed by atoms with Gasteiger partial charge in [-0.2, -0.15) is 0 Å². The van der Waals surface area contributed by atoms with Gasteiger partial charge in [-0.1, -0.05) is 6.92 Å². The van der Waals surface area contributed by atoms with Gasteiger partial charge in [0, 0.05) is 0 Å². The van der Waals surface area contributed by atoms with E-state index < -0.39 is 6.10 Å². The zero-order valence-corrected chi connectivity index (χ0v) is 6.70. The lowest BCUT2D eigenvalue weighted by Gasteiger charge is -2.06. The Labute approximate surface area is 65.4 Å². The van der Waals surface area contributed by atoms with E-state index in [1.54, 1.807) is 0 Å². The number of hydrogen-bond donors (Lipinski definition) is 0. The highest BCUT2D eigenvalue weighted by Crippen LogP contribution is 2.14. The second kappa shape index (κ2) is 3.69. The summed E-state index contributed by atoms with van der Waals surface area (Å²) >= 11 is 0. The smallest absolute Gasteiger partial charge is 0.337 e. The molecule has 4 heteroatoms. The van der Waals surface area contributed by atoms with Gasteiger partial charge in [0.2, 0.25) is 0 Å². The van der Waals surface area contributed by atoms with Crippen molar-refractivity contribution < 1.29 is 19.0 Å². The van der Waals surface area contributed by atoms with Crippen molar-refractivity contribution in [1.82, 2.24) is 0 Å². The van der Waals surface area contributed by atoms with Crippen LogP contribution in [0.3, 0.4) is 0 Å². The molecule has 1 rings (SSSR count). The fraction of sp³-hybridized carbons (Fsp3) is 0.857. The maximum absolute atomic E-state index is 10.8. The van der Waals surface area contributed by atoms with Gasteiger partial charge in [0.15, 0.2) is 12.4 Å². The number of esters is 1. The van der Waals surface area contributed by atoms with Gasteiger partial charge in [-0.15, -0.1) is 0 Å². The topological polar surface area (TPSA) is 44.8 Å². The van der Waals surface area contributed by atoms with E-state index >= 15 is 0 Å². The van der Waals surface area contributed by atoms with Crippen molar-refractivity contribution >= 4 is 5.97 Å². The highest BCUT2D eigenvalue weighted by atomic mass is 16.7. The SMILES string of the molecule is CCC1OC[C@H](C(=O)OC)O1. The molecule has 0 radical (unpaired) electrons. The summed E-state index contributed by atoms with van der Waals surface area (Å²) in [6, 6.07) is 0. The minimum absolute atomic E-state index is 0.237. The first-order chi connectivity index (χ1) is 5.27. The number of ether oxygens (including phenoxy) is 3. The molecular formula is C7H12O4. The lowest BCUT2D eigenvalue weighted by molar-refractivity contribution is -0.154. The summed E-state index contributed by atoms with van der Waals surface area (Å²) in [6.07, 6.45) is -0.00270. The fourth-order valence-corrected chi connectivity index (χ4v) is 0.926. The lowest BCUT2D eigenvalue weighted by atomic mass is 10.4. The van der Waals surface area contributed by atoms with Crippen LogP contribution >= 0.6 is 0 Å². The van der Waals surface area contributed by atoms with Crippen LogP contribution in [-0.2, 0) is 19.0 Å². The van der Waals surface area contributed by atoms with Crippen molar-refractivity contribution in [2.75, 3.05) is 13.7 Å². The Morgan fingerprint density at radius 3 is 2.91 bits per heavy atom. The van der Waals surface area contributed by atoms with E-state index in [1.165, 1.54) is 7.11 Å². The Morgan fingerprint density at radius 2 is 2.45 bits per heavy atom. The van der Waals surface area contributed by atoms with Gasteiger partial charge < -0.3 is 14.2 Å². The van der Waals surface area contributed by atoms with Gasteiger partial charge >= 0.3 is 5.97 Å². The quantitative estimate of drug-likeness (QED) is 0.545.